The second-order valence-corrected chi connectivity index (χ2v) is 10.3. The number of carboxylic acid groups (broad SMARTS) is 1. The Hall–Kier alpha value is -4.68. The van der Waals surface area contributed by atoms with Gasteiger partial charge in [0.15, 0.2) is 0 Å². The first kappa shape index (κ1) is 30.3. The van der Waals surface area contributed by atoms with E-state index in [2.05, 4.69) is 25.9 Å². The van der Waals surface area contributed by atoms with E-state index >= 15 is 0 Å². The van der Waals surface area contributed by atoms with Crippen LogP contribution in [0.25, 0.3) is 21.8 Å². The van der Waals surface area contributed by atoms with Crippen molar-refractivity contribution in [2.45, 2.75) is 50.2 Å². The first-order chi connectivity index (χ1) is 20.3. The van der Waals surface area contributed by atoms with Crippen LogP contribution in [0.5, 0.6) is 0 Å². The minimum Gasteiger partial charge on any atom is -0.480 e. The Morgan fingerprint density at radius 2 is 1.33 bits per heavy atom. The summed E-state index contributed by atoms with van der Waals surface area (Å²) < 4.78 is 0. The molecular formula is C30H37N7O5. The Bertz CT molecular complexity index is 1550. The number of rotatable bonds is 15. The van der Waals surface area contributed by atoms with Crippen molar-refractivity contribution in [2.24, 2.45) is 11.5 Å². The Kier molecular flexibility index (Phi) is 10.3. The molecule has 0 fully saturated rings. The molecule has 3 unspecified atom stereocenters. The predicted octanol–water partition coefficient (Wildman–Crippen LogP) is 1.06. The summed E-state index contributed by atoms with van der Waals surface area (Å²) in [6.45, 7) is -0.179. The highest BCUT2D eigenvalue weighted by molar-refractivity contribution is 5.94. The molecule has 0 spiro atoms. The van der Waals surface area contributed by atoms with Crippen LogP contribution in [0.4, 0.5) is 0 Å². The van der Waals surface area contributed by atoms with E-state index < -0.39 is 48.4 Å². The zero-order valence-electron chi connectivity index (χ0n) is 23.2. The first-order valence-electron chi connectivity index (χ1n) is 13.9. The van der Waals surface area contributed by atoms with Crippen molar-refractivity contribution in [3.05, 3.63) is 72.1 Å². The van der Waals surface area contributed by atoms with Gasteiger partial charge in [-0.05, 0) is 55.5 Å². The maximum Gasteiger partial charge on any atom is 0.322 e. The molecule has 42 heavy (non-hydrogen) atoms. The molecule has 0 aliphatic heterocycles. The van der Waals surface area contributed by atoms with Crippen LogP contribution in [-0.2, 0) is 32.0 Å². The number of para-hydroxylation sites is 2. The second kappa shape index (κ2) is 14.3. The highest BCUT2D eigenvalue weighted by Crippen LogP contribution is 2.20. The maximum absolute atomic E-state index is 13.5. The standard InChI is InChI=1S/C30H37N7O5/c31-12-6-5-11-25(36-28(40)22(32)13-18-15-33-23-9-3-1-7-20(18)23)30(42)37-26(29(41)35-17-27(38)39)14-19-16-34-24-10-4-2-8-21(19)24/h1-4,7-10,15-16,22,25-26,33-34H,5-6,11-14,17,31-32H2,(H,35,41)(H,36,40)(H,37,42)(H,38,39). The van der Waals surface area contributed by atoms with Gasteiger partial charge >= 0.3 is 5.97 Å². The third kappa shape index (κ3) is 7.74. The van der Waals surface area contributed by atoms with Crippen LogP contribution < -0.4 is 27.4 Å². The van der Waals surface area contributed by atoms with Gasteiger partial charge in [0.05, 0.1) is 6.04 Å². The molecule has 0 bridgehead atoms. The molecule has 10 N–H and O–H groups in total. The van der Waals surface area contributed by atoms with E-state index in [1.807, 2.05) is 54.7 Å². The van der Waals surface area contributed by atoms with E-state index in [1.165, 1.54) is 0 Å². The fourth-order valence-electron chi connectivity index (χ4n) is 4.96. The summed E-state index contributed by atoms with van der Waals surface area (Å²) in [5.41, 5.74) is 15.4. The van der Waals surface area contributed by atoms with Crippen molar-refractivity contribution < 1.29 is 24.3 Å². The van der Waals surface area contributed by atoms with Crippen LogP contribution in [0.15, 0.2) is 60.9 Å². The molecule has 4 aromatic rings. The smallest absolute Gasteiger partial charge is 0.322 e. The molecule has 0 radical (unpaired) electrons. The quantitative estimate of drug-likeness (QED) is 0.0966. The van der Waals surface area contributed by atoms with Crippen LogP contribution in [0.3, 0.4) is 0 Å². The van der Waals surface area contributed by atoms with Gasteiger partial charge in [-0.25, -0.2) is 0 Å². The number of hydrogen-bond donors (Lipinski definition) is 8. The van der Waals surface area contributed by atoms with Crippen molar-refractivity contribution in [2.75, 3.05) is 13.1 Å². The number of nitrogens with two attached hydrogens (primary N) is 2. The number of hydrogen-bond acceptors (Lipinski definition) is 6. The van der Waals surface area contributed by atoms with E-state index in [1.54, 1.807) is 6.20 Å². The summed E-state index contributed by atoms with van der Waals surface area (Å²) in [7, 11) is 0. The largest absolute Gasteiger partial charge is 0.480 e. The van der Waals surface area contributed by atoms with Gasteiger partial charge in [-0.1, -0.05) is 36.4 Å². The number of amides is 3. The van der Waals surface area contributed by atoms with Gasteiger partial charge in [-0.3, -0.25) is 19.2 Å². The van der Waals surface area contributed by atoms with Gasteiger partial charge in [-0.2, -0.15) is 0 Å². The molecule has 0 saturated heterocycles. The number of benzene rings is 2. The summed E-state index contributed by atoms with van der Waals surface area (Å²) in [5, 5.41) is 18.7. The van der Waals surface area contributed by atoms with Crippen LogP contribution in [0, 0.1) is 0 Å². The SMILES string of the molecule is NCCCCC(NC(=O)C(N)Cc1c[nH]c2ccccc12)C(=O)NC(Cc1c[nH]c2ccccc12)C(=O)NCC(=O)O. The van der Waals surface area contributed by atoms with Crippen LogP contribution in [-0.4, -0.2) is 70.0 Å². The lowest BCUT2D eigenvalue weighted by Crippen LogP contribution is -2.56. The third-order valence-corrected chi connectivity index (χ3v) is 7.18. The number of carbonyl (C=O) groups excluding carboxylic acids is 3. The molecular weight excluding hydrogens is 538 g/mol. The first-order valence-corrected chi connectivity index (χ1v) is 13.9. The molecule has 2 aromatic carbocycles. The van der Waals surface area contributed by atoms with E-state index in [0.29, 0.717) is 19.4 Å². The topological polar surface area (TPSA) is 208 Å². The van der Waals surface area contributed by atoms with Crippen molar-refractivity contribution in [1.29, 1.82) is 0 Å². The molecule has 12 nitrogen and oxygen atoms in total. The zero-order chi connectivity index (χ0) is 30.1. The molecule has 222 valence electrons. The van der Waals surface area contributed by atoms with Crippen molar-refractivity contribution >= 4 is 45.5 Å². The van der Waals surface area contributed by atoms with Gasteiger partial charge < -0.3 is 42.5 Å². The van der Waals surface area contributed by atoms with Gasteiger partial charge in [0, 0.05) is 40.6 Å². The lowest BCUT2D eigenvalue weighted by Gasteiger charge is -2.24. The van der Waals surface area contributed by atoms with E-state index in [0.717, 1.165) is 32.9 Å². The fourth-order valence-corrected chi connectivity index (χ4v) is 4.96. The molecule has 3 amide bonds. The molecule has 12 heteroatoms. The maximum atomic E-state index is 13.5. The molecule has 0 aliphatic carbocycles. The number of fused-ring (bicyclic) bond motifs is 2. The third-order valence-electron chi connectivity index (χ3n) is 7.18. The fraction of sp³-hybridized carbons (Fsp3) is 0.333. The highest BCUT2D eigenvalue weighted by Gasteiger charge is 2.29. The molecule has 0 saturated carbocycles. The van der Waals surface area contributed by atoms with Gasteiger partial charge in [0.1, 0.15) is 18.6 Å². The van der Waals surface area contributed by atoms with Crippen LogP contribution >= 0.6 is 0 Å². The zero-order valence-corrected chi connectivity index (χ0v) is 23.2. The molecule has 2 aromatic heterocycles. The Balaban J connectivity index is 1.48. The van der Waals surface area contributed by atoms with Gasteiger partial charge in [0.25, 0.3) is 0 Å². The number of carbonyl (C=O) groups is 4. The summed E-state index contributed by atoms with van der Waals surface area (Å²) in [4.78, 5) is 57.1. The summed E-state index contributed by atoms with van der Waals surface area (Å²) in [5.74, 6) is -2.94. The number of unbranched alkanes of at least 4 members (excludes halogenated alkanes) is 1. The molecule has 2 heterocycles. The lowest BCUT2D eigenvalue weighted by atomic mass is 10.0. The average molecular weight is 576 g/mol. The predicted molar refractivity (Wildman–Crippen MR) is 159 cm³/mol. The molecule has 4 rings (SSSR count). The number of H-pyrrole nitrogens is 2. The number of aliphatic carboxylic acids is 1. The van der Waals surface area contributed by atoms with Crippen molar-refractivity contribution in [1.82, 2.24) is 25.9 Å². The number of aromatic nitrogens is 2. The minimum absolute atomic E-state index is 0.102. The summed E-state index contributed by atoms with van der Waals surface area (Å²) >= 11 is 0. The lowest BCUT2D eigenvalue weighted by molar-refractivity contribution is -0.138. The normalized spacial score (nSPS) is 13.4. The number of nitrogens with one attached hydrogen (secondary N) is 5. The summed E-state index contributed by atoms with van der Waals surface area (Å²) in [6, 6.07) is 12.2. The molecule has 0 aliphatic rings. The van der Waals surface area contributed by atoms with Crippen molar-refractivity contribution in [3.8, 4) is 0 Å². The molecule has 3 atom stereocenters. The minimum atomic E-state index is -1.21. The monoisotopic (exact) mass is 575 g/mol. The highest BCUT2D eigenvalue weighted by atomic mass is 16.4. The number of aromatic amines is 2. The second-order valence-electron chi connectivity index (χ2n) is 10.3. The van der Waals surface area contributed by atoms with Crippen LogP contribution in [0.1, 0.15) is 30.4 Å². The van der Waals surface area contributed by atoms with E-state index in [4.69, 9.17) is 16.6 Å². The Labute approximate surface area is 242 Å². The van der Waals surface area contributed by atoms with Crippen LogP contribution in [0.2, 0.25) is 0 Å². The van der Waals surface area contributed by atoms with E-state index in [-0.39, 0.29) is 19.3 Å². The van der Waals surface area contributed by atoms with Gasteiger partial charge in [-0.15, -0.1) is 0 Å². The Morgan fingerprint density at radius 3 is 1.93 bits per heavy atom. The average Bonchev–Trinajstić information content (AvgIpc) is 3.59. The number of carboxylic acids is 1. The van der Waals surface area contributed by atoms with Gasteiger partial charge in [0.2, 0.25) is 17.7 Å². The Morgan fingerprint density at radius 1 is 0.762 bits per heavy atom. The van der Waals surface area contributed by atoms with Crippen molar-refractivity contribution in [3.63, 3.8) is 0 Å². The van der Waals surface area contributed by atoms with E-state index in [9.17, 15) is 19.2 Å². The summed E-state index contributed by atoms with van der Waals surface area (Å²) in [6.07, 6.45) is 5.40.